The van der Waals surface area contributed by atoms with Gasteiger partial charge in [0.15, 0.2) is 0 Å². The Morgan fingerprint density at radius 1 is 1.28 bits per heavy atom. The Labute approximate surface area is 104 Å². The average Bonchev–Trinajstić information content (AvgIpc) is 2.20. The van der Waals surface area contributed by atoms with E-state index < -0.39 is 32.2 Å². The molecule has 0 amide bonds. The third-order valence-corrected chi connectivity index (χ3v) is 6.56. The normalized spacial score (nSPS) is 17.3. The van der Waals surface area contributed by atoms with Gasteiger partial charge in [0.05, 0.1) is 6.04 Å². The van der Waals surface area contributed by atoms with E-state index in [2.05, 4.69) is 0 Å². The lowest BCUT2D eigenvalue weighted by atomic mass is 9.98. The van der Waals surface area contributed by atoms with Crippen LogP contribution < -0.4 is 5.73 Å². The minimum absolute atomic E-state index is 0.160. The van der Waals surface area contributed by atoms with Crippen LogP contribution in [0.1, 0.15) is 19.8 Å². The van der Waals surface area contributed by atoms with Gasteiger partial charge in [-0.3, -0.25) is 9.13 Å². The molecule has 18 heavy (non-hydrogen) atoms. The smallest absolute Gasteiger partial charge is 0.366 e. The quantitative estimate of drug-likeness (QED) is 0.239. The Morgan fingerprint density at radius 2 is 1.67 bits per heavy atom. The predicted octanol–water partition coefficient (Wildman–Crippen LogP) is -0.619. The van der Waals surface area contributed by atoms with E-state index in [1.165, 1.54) is 6.92 Å². The Bertz CT molecular complexity index is 367. The van der Waals surface area contributed by atoms with Crippen LogP contribution >= 0.6 is 15.2 Å². The molecule has 0 aliphatic rings. The van der Waals surface area contributed by atoms with Crippen molar-refractivity contribution in [2.24, 2.45) is 11.7 Å². The molecule has 0 rings (SSSR count). The minimum atomic E-state index is -5.54. The van der Waals surface area contributed by atoms with Crippen molar-refractivity contribution in [1.82, 2.24) is 0 Å². The van der Waals surface area contributed by atoms with E-state index in [1.54, 1.807) is 0 Å². The summed E-state index contributed by atoms with van der Waals surface area (Å²) in [5.41, 5.74) is 5.40. The van der Waals surface area contributed by atoms with Crippen LogP contribution in [0.25, 0.3) is 0 Å². The summed E-state index contributed by atoms with van der Waals surface area (Å²) in [4.78, 5) is 35.8. The number of hydrogen-bond acceptors (Lipinski definition) is 5. The van der Waals surface area contributed by atoms with E-state index in [0.717, 1.165) is 6.21 Å². The molecule has 0 heterocycles. The average molecular weight is 304 g/mol. The summed E-state index contributed by atoms with van der Waals surface area (Å²) in [6.07, 6.45) is 1.40. The predicted molar refractivity (Wildman–Crippen MR) is 64.2 cm³/mol. The molecule has 11 heteroatoms. The first-order valence-corrected chi connectivity index (χ1v) is 8.20. The zero-order valence-electron chi connectivity index (χ0n) is 9.67. The molecule has 2 atom stereocenters. The fraction of sp³-hybridized carbons (Fsp3) is 0.857. The molecule has 0 spiro atoms. The molecular weight excluding hydrogens is 286 g/mol. The van der Waals surface area contributed by atoms with Gasteiger partial charge in [0.2, 0.25) is 0 Å². The van der Waals surface area contributed by atoms with Gasteiger partial charge in [0, 0.05) is 0 Å². The first-order chi connectivity index (χ1) is 7.89. The lowest BCUT2D eigenvalue weighted by Gasteiger charge is -2.37. The standard InChI is InChI=1S/C7H18N2O7P2/c1-5(3-2-4-8)6(9)7(10,17(11,12)13)18(14,15)16/h4-6,8,10H,2-3,9H2,1H3,(H2,11,12,13)(H2,14,15,16). The maximum Gasteiger partial charge on any atom is 0.371 e. The molecule has 0 aromatic rings. The highest BCUT2D eigenvalue weighted by atomic mass is 31.2. The van der Waals surface area contributed by atoms with Crippen molar-refractivity contribution >= 4 is 21.4 Å². The molecule has 8 N–H and O–H groups in total. The van der Waals surface area contributed by atoms with Gasteiger partial charge in [-0.15, -0.1) is 0 Å². The largest absolute Gasteiger partial charge is 0.371 e. The summed E-state index contributed by atoms with van der Waals surface area (Å²) in [6.45, 7) is 1.38. The first-order valence-electron chi connectivity index (χ1n) is 4.97. The highest BCUT2D eigenvalue weighted by molar-refractivity contribution is 7.72. The van der Waals surface area contributed by atoms with Crippen molar-refractivity contribution < 1.29 is 33.8 Å². The monoisotopic (exact) mass is 304 g/mol. The van der Waals surface area contributed by atoms with Gasteiger partial charge < -0.3 is 35.8 Å². The van der Waals surface area contributed by atoms with Gasteiger partial charge in [-0.2, -0.15) is 0 Å². The van der Waals surface area contributed by atoms with Crippen LogP contribution in [0.15, 0.2) is 0 Å². The Kier molecular flexibility index (Phi) is 5.86. The fourth-order valence-electron chi connectivity index (χ4n) is 1.47. The molecule has 2 unspecified atom stereocenters. The molecule has 0 aliphatic heterocycles. The Balaban J connectivity index is 5.44. The number of rotatable bonds is 7. The SMILES string of the molecule is CC(CCC=N)C(N)C(O)(P(=O)(O)O)P(=O)(O)O. The third-order valence-electron chi connectivity index (χ3n) is 2.68. The molecule has 9 nitrogen and oxygen atoms in total. The summed E-state index contributed by atoms with van der Waals surface area (Å²) in [5.74, 6) is -0.795. The summed E-state index contributed by atoms with van der Waals surface area (Å²) < 4.78 is 22.3. The highest BCUT2D eigenvalue weighted by Gasteiger charge is 2.64. The van der Waals surface area contributed by atoms with E-state index in [-0.39, 0.29) is 12.8 Å². The van der Waals surface area contributed by atoms with Crippen LogP contribution in [0.2, 0.25) is 0 Å². The zero-order valence-corrected chi connectivity index (χ0v) is 11.5. The van der Waals surface area contributed by atoms with Gasteiger partial charge in [-0.25, -0.2) is 0 Å². The van der Waals surface area contributed by atoms with Crippen molar-refractivity contribution in [2.45, 2.75) is 30.9 Å². The van der Waals surface area contributed by atoms with Gasteiger partial charge in [0.1, 0.15) is 0 Å². The molecular formula is C7H18N2O7P2. The highest BCUT2D eigenvalue weighted by Crippen LogP contribution is 2.69. The molecule has 0 saturated carbocycles. The molecule has 0 fully saturated rings. The molecule has 0 aliphatic carbocycles. The minimum Gasteiger partial charge on any atom is -0.366 e. The third kappa shape index (κ3) is 3.46. The van der Waals surface area contributed by atoms with E-state index in [4.69, 9.17) is 30.7 Å². The van der Waals surface area contributed by atoms with E-state index in [9.17, 15) is 14.2 Å². The first kappa shape index (κ1) is 17.9. The number of nitrogens with two attached hydrogens (primary N) is 1. The van der Waals surface area contributed by atoms with Crippen LogP contribution in [0.4, 0.5) is 0 Å². The fourth-order valence-corrected chi connectivity index (χ4v) is 4.11. The van der Waals surface area contributed by atoms with Crippen molar-refractivity contribution in [3.63, 3.8) is 0 Å². The number of hydrogen-bond donors (Lipinski definition) is 7. The molecule has 0 radical (unpaired) electrons. The molecule has 0 aromatic carbocycles. The van der Waals surface area contributed by atoms with E-state index in [1.807, 2.05) is 0 Å². The lowest BCUT2D eigenvalue weighted by Crippen LogP contribution is -2.51. The van der Waals surface area contributed by atoms with E-state index >= 15 is 0 Å². The van der Waals surface area contributed by atoms with Crippen molar-refractivity contribution in [1.29, 1.82) is 5.41 Å². The van der Waals surface area contributed by atoms with E-state index in [0.29, 0.717) is 0 Å². The molecule has 108 valence electrons. The second-order valence-electron chi connectivity index (χ2n) is 4.06. The van der Waals surface area contributed by atoms with Crippen molar-refractivity contribution in [2.75, 3.05) is 0 Å². The number of aliphatic hydroxyl groups is 1. The number of nitrogens with one attached hydrogen (secondary N) is 1. The topological polar surface area (TPSA) is 185 Å². The molecule has 0 saturated heterocycles. The zero-order chi connectivity index (χ0) is 14.8. The Morgan fingerprint density at radius 3 is 1.94 bits per heavy atom. The van der Waals surface area contributed by atoms with Gasteiger partial charge in [-0.1, -0.05) is 6.92 Å². The maximum absolute atomic E-state index is 11.1. The second kappa shape index (κ2) is 5.90. The van der Waals surface area contributed by atoms with Crippen LogP contribution in [-0.2, 0) is 9.13 Å². The second-order valence-corrected chi connectivity index (χ2v) is 7.95. The van der Waals surface area contributed by atoms with Crippen LogP contribution in [0.5, 0.6) is 0 Å². The van der Waals surface area contributed by atoms with Crippen molar-refractivity contribution in [3.05, 3.63) is 0 Å². The van der Waals surface area contributed by atoms with Crippen LogP contribution in [-0.4, -0.2) is 42.0 Å². The Hall–Kier alpha value is -0.110. The van der Waals surface area contributed by atoms with Crippen molar-refractivity contribution in [3.8, 4) is 0 Å². The summed E-state index contributed by atoms with van der Waals surface area (Å²) >= 11 is 0. The lowest BCUT2D eigenvalue weighted by molar-refractivity contribution is 0.0885. The van der Waals surface area contributed by atoms with Crippen LogP contribution in [0.3, 0.4) is 0 Å². The van der Waals surface area contributed by atoms with Gasteiger partial charge in [-0.05, 0) is 25.0 Å². The molecule has 0 aromatic heterocycles. The maximum atomic E-state index is 11.1. The summed E-state index contributed by atoms with van der Waals surface area (Å²) in [7, 11) is -11.1. The summed E-state index contributed by atoms with van der Waals surface area (Å²) in [6, 6.07) is -1.82. The van der Waals surface area contributed by atoms with Gasteiger partial charge in [0.25, 0.3) is 5.08 Å². The van der Waals surface area contributed by atoms with Crippen LogP contribution in [0, 0.1) is 11.3 Å². The molecule has 0 bridgehead atoms. The van der Waals surface area contributed by atoms with Gasteiger partial charge >= 0.3 is 15.2 Å². The summed E-state index contributed by atoms with van der Waals surface area (Å²) in [5, 5.41) is 12.9.